The van der Waals surface area contributed by atoms with Crippen LogP contribution >= 0.6 is 45.3 Å². The molecule has 10 aromatic heterocycles. The lowest BCUT2D eigenvalue weighted by atomic mass is 9.97. The first-order chi connectivity index (χ1) is 62.9. The van der Waals surface area contributed by atoms with Crippen molar-refractivity contribution < 1.29 is 4.42 Å². The molecule has 0 unspecified atom stereocenters. The maximum Gasteiger partial charge on any atom is 0.135 e. The molecular weight excluding hydrogens is 1620 g/mol. The van der Waals surface area contributed by atoms with Crippen molar-refractivity contribution in [3.05, 3.63) is 419 Å². The van der Waals surface area contributed by atoms with Gasteiger partial charge in [0.15, 0.2) is 0 Å². The highest BCUT2D eigenvalue weighted by atomic mass is 32.1. The predicted molar refractivity (Wildman–Crippen MR) is 545 cm³/mol. The Morgan fingerprint density at radius 1 is 0.173 bits per heavy atom. The van der Waals surface area contributed by atoms with Gasteiger partial charge >= 0.3 is 0 Å². The van der Waals surface area contributed by atoms with Crippen LogP contribution in [0.15, 0.2) is 423 Å². The van der Waals surface area contributed by atoms with Crippen LogP contribution in [0.2, 0.25) is 0 Å². The van der Waals surface area contributed by atoms with Crippen LogP contribution < -0.4 is 0 Å². The third-order valence-electron chi connectivity index (χ3n) is 25.5. The van der Waals surface area contributed by atoms with Crippen LogP contribution in [0.4, 0.5) is 0 Å². The largest absolute Gasteiger partial charge is 0.456 e. The Morgan fingerprint density at radius 2 is 0.465 bits per heavy atom. The summed E-state index contributed by atoms with van der Waals surface area (Å²) in [5.74, 6) is 0. The van der Waals surface area contributed by atoms with Gasteiger partial charge in [0.25, 0.3) is 0 Å². The average molecular weight is 1690 g/mol. The number of aromatic nitrogens is 5. The van der Waals surface area contributed by atoms with Gasteiger partial charge in [0, 0.05) is 143 Å². The second-order valence-corrected chi connectivity index (χ2v) is 36.9. The molecule has 0 atom stereocenters. The van der Waals surface area contributed by atoms with E-state index in [0.717, 1.165) is 92.7 Å². The van der Waals surface area contributed by atoms with E-state index in [2.05, 4.69) is 416 Å². The number of rotatable bonds is 8. The lowest BCUT2D eigenvalue weighted by Gasteiger charge is -2.16. The Morgan fingerprint density at radius 3 is 0.882 bits per heavy atom. The highest BCUT2D eigenvalue weighted by Gasteiger charge is 2.24. The average Bonchev–Trinajstić information content (AvgIpc) is 1.60. The fourth-order valence-corrected chi connectivity index (χ4v) is 24.1. The first-order valence-electron chi connectivity index (χ1n) is 42.8. The van der Waals surface area contributed by atoms with Crippen molar-refractivity contribution in [3.63, 3.8) is 0 Å². The summed E-state index contributed by atoms with van der Waals surface area (Å²) in [6.45, 7) is 0. The van der Waals surface area contributed by atoms with E-state index in [4.69, 9.17) is 19.4 Å². The van der Waals surface area contributed by atoms with Crippen LogP contribution in [0, 0.1) is 0 Å². The number of thiophene rings is 4. The van der Waals surface area contributed by atoms with Crippen LogP contribution in [0.1, 0.15) is 0 Å². The summed E-state index contributed by atoms with van der Waals surface area (Å²) in [6.07, 6.45) is 0. The molecule has 0 radical (unpaired) electrons. The Balaban J connectivity index is 0.000000105. The molecule has 18 aromatic carbocycles. The predicted octanol–water partition coefficient (Wildman–Crippen LogP) is 34.3. The molecule has 0 N–H and O–H groups in total. The molecule has 0 saturated carbocycles. The molecule has 0 aliphatic heterocycles. The molecule has 0 fully saturated rings. The molecule has 0 spiro atoms. The van der Waals surface area contributed by atoms with Crippen molar-refractivity contribution in [2.75, 3.05) is 0 Å². The quantitative estimate of drug-likeness (QED) is 0.152. The number of benzene rings is 18. The normalized spacial score (nSPS) is 11.9. The van der Waals surface area contributed by atoms with E-state index in [1.165, 1.54) is 165 Å². The second kappa shape index (κ2) is 29.6. The van der Waals surface area contributed by atoms with E-state index in [1.54, 1.807) is 34.0 Å². The minimum absolute atomic E-state index is 0.916. The number of hydrogen-bond donors (Lipinski definition) is 0. The summed E-state index contributed by atoms with van der Waals surface area (Å²) < 4.78 is 17.4. The summed E-state index contributed by atoms with van der Waals surface area (Å²) in [7, 11) is 0. The number of nitrogens with zero attached hydrogens (tertiary/aromatic N) is 5. The molecule has 0 aliphatic carbocycles. The minimum atomic E-state index is 0.916. The van der Waals surface area contributed by atoms with Gasteiger partial charge < -0.3 is 13.6 Å². The van der Waals surface area contributed by atoms with E-state index >= 15 is 0 Å². The van der Waals surface area contributed by atoms with Crippen molar-refractivity contribution in [1.82, 2.24) is 24.1 Å². The maximum absolute atomic E-state index is 6.04. The number of furan rings is 1. The second-order valence-electron chi connectivity index (χ2n) is 32.7. The van der Waals surface area contributed by atoms with Crippen LogP contribution in [0.25, 0.3) is 257 Å². The SMILES string of the molecule is c1cc(-c2cc(-n3c4ccccc4c4ccccc43)cc(-n3c4ccccc4c4ccccc43)c2)cc(-c2nc3sc4ccccc4c3c3ccccc23)c1.c1cc(-c2ccc3oc4ccccc4c3c2)cc(-c2nc3sc4ccccc4c3c3ccccc23)c1.c1cc(-c2ccc3sc4ccccc4c3c2)cc(-c2nc3sc4ccccc4c3c3ccccc23)c1. The highest BCUT2D eigenvalue weighted by Crippen LogP contribution is 2.48. The first kappa shape index (κ1) is 73.0. The third-order valence-corrected chi connectivity index (χ3v) is 29.8. The van der Waals surface area contributed by atoms with Gasteiger partial charge in [0.1, 0.15) is 25.7 Å². The molecule has 592 valence electrons. The molecule has 0 bridgehead atoms. The highest BCUT2D eigenvalue weighted by molar-refractivity contribution is 7.27. The van der Waals surface area contributed by atoms with Crippen LogP contribution in [0.5, 0.6) is 0 Å². The zero-order valence-corrected chi connectivity index (χ0v) is 71.4. The van der Waals surface area contributed by atoms with Crippen molar-refractivity contribution in [3.8, 4) is 78.5 Å². The van der Waals surface area contributed by atoms with E-state index in [9.17, 15) is 0 Å². The molecule has 0 saturated heterocycles. The van der Waals surface area contributed by atoms with E-state index in [0.29, 0.717) is 0 Å². The Labute approximate surface area is 743 Å². The Bertz CT molecular complexity index is 8870. The summed E-state index contributed by atoms with van der Waals surface area (Å²) in [6, 6.07) is 151. The lowest BCUT2D eigenvalue weighted by molar-refractivity contribution is 0.669. The molecule has 0 aliphatic rings. The van der Waals surface area contributed by atoms with Gasteiger partial charge in [-0.2, -0.15) is 0 Å². The zero-order chi connectivity index (χ0) is 83.3. The van der Waals surface area contributed by atoms with Gasteiger partial charge in [-0.25, -0.2) is 15.0 Å². The summed E-state index contributed by atoms with van der Waals surface area (Å²) in [5.41, 5.74) is 22.4. The number of hydrogen-bond acceptors (Lipinski definition) is 8. The third kappa shape index (κ3) is 12.0. The van der Waals surface area contributed by atoms with Gasteiger partial charge in [-0.1, -0.05) is 303 Å². The maximum atomic E-state index is 6.04. The fourth-order valence-electron chi connectivity index (χ4n) is 19.8. The number of fused-ring (bicyclic) bond motifs is 27. The van der Waals surface area contributed by atoms with E-state index in [1.807, 2.05) is 23.5 Å². The monoisotopic (exact) mass is 1690 g/mol. The van der Waals surface area contributed by atoms with Gasteiger partial charge in [-0.15, -0.1) is 45.3 Å². The van der Waals surface area contributed by atoms with Crippen LogP contribution in [0.3, 0.4) is 0 Å². The minimum Gasteiger partial charge on any atom is -0.456 e. The Kier molecular flexibility index (Phi) is 17.0. The summed E-state index contributed by atoms with van der Waals surface area (Å²) in [4.78, 5) is 19.1. The molecular formula is C117H69N5OS4. The van der Waals surface area contributed by atoms with Gasteiger partial charge in [-0.05, 0) is 165 Å². The smallest absolute Gasteiger partial charge is 0.135 e. The number of pyridine rings is 3. The molecule has 28 rings (SSSR count). The summed E-state index contributed by atoms with van der Waals surface area (Å²) >= 11 is 7.18. The lowest BCUT2D eigenvalue weighted by Crippen LogP contribution is -2.00. The van der Waals surface area contributed by atoms with Crippen LogP contribution in [-0.4, -0.2) is 24.1 Å². The van der Waals surface area contributed by atoms with Crippen LogP contribution in [-0.2, 0) is 0 Å². The fraction of sp³-hybridized carbons (Fsp3) is 0. The molecule has 6 nitrogen and oxygen atoms in total. The Hall–Kier alpha value is -15.5. The molecule has 0 amide bonds. The van der Waals surface area contributed by atoms with E-state index in [-0.39, 0.29) is 0 Å². The van der Waals surface area contributed by atoms with Gasteiger partial charge in [0.2, 0.25) is 0 Å². The van der Waals surface area contributed by atoms with Gasteiger partial charge in [0.05, 0.1) is 39.1 Å². The summed E-state index contributed by atoms with van der Waals surface area (Å²) in [5, 5.41) is 24.9. The standard InChI is InChI=1S/C51H31N3S.C33H19NOS.C33H19NS2/c1-2-21-42-41(20-1)49-43-22-7-12-27-48(43)55-51(49)52-50(42)33-15-13-14-32(28-33)34-29-35(53-44-23-8-3-16-37(44)38-17-4-9-24-45(38)53)31-36(30-34)54-46-25-10-5-18-39(46)40-19-6-11-26-47(40)54;1-2-12-25-24(11-1)31-26-13-4-6-15-30(26)36-33(31)34-32(25)22-9-7-8-20(18-22)21-16-17-29-27(19-21)23-10-3-5-14-28(23)35-29;1-2-12-25-24(11-1)31-26-13-4-6-15-29(26)36-33(31)34-32(25)22-9-7-8-20(18-22)21-16-17-30-27(19-21)23-10-3-5-14-28(23)35-30/h1-31H;2*1-19H. The van der Waals surface area contributed by atoms with Crippen molar-refractivity contribution in [2.45, 2.75) is 0 Å². The topological polar surface area (TPSA) is 61.7 Å². The molecule has 127 heavy (non-hydrogen) atoms. The van der Waals surface area contributed by atoms with E-state index < -0.39 is 0 Å². The molecule has 10 heterocycles. The van der Waals surface area contributed by atoms with Crippen molar-refractivity contribution >= 4 is 224 Å². The number of para-hydroxylation sites is 5. The van der Waals surface area contributed by atoms with Crippen molar-refractivity contribution in [2.24, 2.45) is 0 Å². The molecule has 10 heteroatoms. The first-order valence-corrected chi connectivity index (χ1v) is 46.1. The zero-order valence-electron chi connectivity index (χ0n) is 68.1. The van der Waals surface area contributed by atoms with Gasteiger partial charge in [-0.3, -0.25) is 0 Å². The molecule has 28 aromatic rings. The van der Waals surface area contributed by atoms with Crippen molar-refractivity contribution in [1.29, 1.82) is 0 Å².